The van der Waals surface area contributed by atoms with Gasteiger partial charge in [-0.2, -0.15) is 0 Å². The van der Waals surface area contributed by atoms with Gasteiger partial charge in [0, 0.05) is 5.39 Å². The molecule has 6 nitrogen and oxygen atoms in total. The summed E-state index contributed by atoms with van der Waals surface area (Å²) in [5, 5.41) is 19.6. The SMILES string of the molecule is COC(=O)c1c(C)oc2c(OC)c(O)c(O)cc12. The van der Waals surface area contributed by atoms with Crippen LogP contribution in [-0.4, -0.2) is 30.4 Å². The van der Waals surface area contributed by atoms with Gasteiger partial charge in [-0.3, -0.25) is 0 Å². The van der Waals surface area contributed by atoms with Gasteiger partial charge < -0.3 is 24.1 Å². The molecule has 0 fully saturated rings. The van der Waals surface area contributed by atoms with Gasteiger partial charge in [0.25, 0.3) is 0 Å². The van der Waals surface area contributed by atoms with Crippen LogP contribution < -0.4 is 4.74 Å². The zero-order chi connectivity index (χ0) is 13.4. The second-order valence-corrected chi connectivity index (χ2v) is 3.68. The number of aryl methyl sites for hydroxylation is 1. The van der Waals surface area contributed by atoms with E-state index in [1.165, 1.54) is 20.3 Å². The third kappa shape index (κ3) is 1.54. The van der Waals surface area contributed by atoms with E-state index in [2.05, 4.69) is 4.74 Å². The maximum Gasteiger partial charge on any atom is 0.342 e. The van der Waals surface area contributed by atoms with E-state index >= 15 is 0 Å². The Morgan fingerprint density at radius 1 is 1.33 bits per heavy atom. The van der Waals surface area contributed by atoms with Crippen molar-refractivity contribution in [2.75, 3.05) is 14.2 Å². The minimum atomic E-state index is -0.585. The summed E-state index contributed by atoms with van der Waals surface area (Å²) in [7, 11) is 2.57. The van der Waals surface area contributed by atoms with E-state index in [-0.39, 0.29) is 16.9 Å². The van der Waals surface area contributed by atoms with Gasteiger partial charge in [0.15, 0.2) is 11.3 Å². The number of phenolic OH excluding ortho intramolecular Hbond substituents is 2. The standard InChI is InChI=1S/C12H12O6/c1-5-8(12(15)17-3)6-4-7(13)9(14)11(16-2)10(6)18-5/h4,13-14H,1-3H3. The molecule has 0 amide bonds. The van der Waals surface area contributed by atoms with Crippen molar-refractivity contribution >= 4 is 16.9 Å². The number of phenols is 2. The van der Waals surface area contributed by atoms with Crippen LogP contribution >= 0.6 is 0 Å². The molecule has 2 N–H and O–H groups in total. The number of fused-ring (bicyclic) bond motifs is 1. The molecule has 0 bridgehead atoms. The lowest BCUT2D eigenvalue weighted by molar-refractivity contribution is 0.0600. The van der Waals surface area contributed by atoms with Gasteiger partial charge in [0.2, 0.25) is 11.5 Å². The van der Waals surface area contributed by atoms with Crippen LogP contribution in [0.2, 0.25) is 0 Å². The minimum absolute atomic E-state index is 0.0248. The number of rotatable bonds is 2. The van der Waals surface area contributed by atoms with Crippen LogP contribution in [0.4, 0.5) is 0 Å². The summed E-state index contributed by atoms with van der Waals surface area (Å²) in [6.07, 6.45) is 0. The first kappa shape index (κ1) is 12.1. The zero-order valence-electron chi connectivity index (χ0n) is 10.1. The summed E-state index contributed by atoms with van der Waals surface area (Å²) < 4.78 is 15.0. The summed E-state index contributed by atoms with van der Waals surface area (Å²) >= 11 is 0. The largest absolute Gasteiger partial charge is 0.504 e. The second kappa shape index (κ2) is 4.14. The molecule has 0 radical (unpaired) electrons. The Morgan fingerprint density at radius 3 is 2.56 bits per heavy atom. The lowest BCUT2D eigenvalue weighted by Gasteiger charge is -2.05. The molecule has 0 atom stereocenters. The highest BCUT2D eigenvalue weighted by Crippen LogP contribution is 2.44. The molecule has 18 heavy (non-hydrogen) atoms. The first-order valence-electron chi connectivity index (χ1n) is 5.11. The molecule has 1 aromatic heterocycles. The Hall–Kier alpha value is -2.37. The number of hydrogen-bond acceptors (Lipinski definition) is 6. The Balaban J connectivity index is 2.88. The van der Waals surface area contributed by atoms with Gasteiger partial charge in [-0.1, -0.05) is 0 Å². The smallest absolute Gasteiger partial charge is 0.342 e. The summed E-state index contributed by atoms with van der Waals surface area (Å²) in [4.78, 5) is 11.6. The third-order valence-corrected chi connectivity index (χ3v) is 2.66. The Morgan fingerprint density at radius 2 is 2.00 bits per heavy atom. The van der Waals surface area contributed by atoms with Crippen molar-refractivity contribution in [2.45, 2.75) is 6.92 Å². The van der Waals surface area contributed by atoms with E-state index in [9.17, 15) is 15.0 Å². The number of hydrogen-bond donors (Lipinski definition) is 2. The van der Waals surface area contributed by atoms with E-state index in [4.69, 9.17) is 9.15 Å². The molecule has 0 aliphatic carbocycles. The maximum atomic E-state index is 11.6. The van der Waals surface area contributed by atoms with Gasteiger partial charge in [-0.25, -0.2) is 4.79 Å². The molecule has 2 rings (SSSR count). The summed E-state index contributed by atoms with van der Waals surface area (Å²) in [5.74, 6) is -1.12. The molecular weight excluding hydrogens is 240 g/mol. The van der Waals surface area contributed by atoms with Gasteiger partial charge in [0.05, 0.1) is 14.2 Å². The monoisotopic (exact) mass is 252 g/mol. The van der Waals surface area contributed by atoms with Gasteiger partial charge in [-0.15, -0.1) is 0 Å². The predicted octanol–water partition coefficient (Wildman–Crippen LogP) is 1.95. The van der Waals surface area contributed by atoms with Crippen molar-refractivity contribution in [3.8, 4) is 17.2 Å². The molecule has 1 heterocycles. The van der Waals surface area contributed by atoms with Gasteiger partial charge in [0.1, 0.15) is 11.3 Å². The zero-order valence-corrected chi connectivity index (χ0v) is 10.1. The number of furan rings is 1. The number of methoxy groups -OCH3 is 2. The Labute approximate surface area is 102 Å². The van der Waals surface area contributed by atoms with Gasteiger partial charge >= 0.3 is 5.97 Å². The fourth-order valence-corrected chi connectivity index (χ4v) is 1.84. The summed E-state index contributed by atoms with van der Waals surface area (Å²) in [6, 6.07) is 1.23. The van der Waals surface area contributed by atoms with Crippen LogP contribution in [0.3, 0.4) is 0 Å². The third-order valence-electron chi connectivity index (χ3n) is 2.66. The van der Waals surface area contributed by atoms with Crippen LogP contribution in [0, 0.1) is 6.92 Å². The number of ether oxygens (including phenoxy) is 2. The molecule has 0 aliphatic heterocycles. The van der Waals surface area contributed by atoms with Crippen LogP contribution in [-0.2, 0) is 4.74 Å². The van der Waals surface area contributed by atoms with Crippen LogP contribution in [0.15, 0.2) is 10.5 Å². The maximum absolute atomic E-state index is 11.6. The molecule has 0 spiro atoms. The van der Waals surface area contributed by atoms with Crippen molar-refractivity contribution in [3.05, 3.63) is 17.4 Å². The molecule has 6 heteroatoms. The van der Waals surface area contributed by atoms with E-state index in [1.54, 1.807) is 6.92 Å². The van der Waals surface area contributed by atoms with E-state index in [0.717, 1.165) is 0 Å². The normalized spacial score (nSPS) is 10.6. The average molecular weight is 252 g/mol. The Kier molecular flexibility index (Phi) is 2.78. The number of benzene rings is 1. The molecule has 0 aliphatic rings. The van der Waals surface area contributed by atoms with Gasteiger partial charge in [-0.05, 0) is 13.0 Å². The van der Waals surface area contributed by atoms with E-state index in [1.807, 2.05) is 0 Å². The molecular formula is C12H12O6. The first-order valence-corrected chi connectivity index (χ1v) is 5.11. The van der Waals surface area contributed by atoms with Crippen molar-refractivity contribution < 1.29 is 28.9 Å². The highest BCUT2D eigenvalue weighted by molar-refractivity contribution is 6.07. The minimum Gasteiger partial charge on any atom is -0.504 e. The van der Waals surface area contributed by atoms with Crippen molar-refractivity contribution in [3.63, 3.8) is 0 Å². The summed E-state index contributed by atoms with van der Waals surface area (Å²) in [5.41, 5.74) is 0.381. The van der Waals surface area contributed by atoms with Crippen molar-refractivity contribution in [2.24, 2.45) is 0 Å². The highest BCUT2D eigenvalue weighted by atomic mass is 16.5. The number of carbonyl (C=O) groups excluding carboxylic acids is 1. The van der Waals surface area contributed by atoms with Crippen LogP contribution in [0.25, 0.3) is 11.0 Å². The van der Waals surface area contributed by atoms with Crippen molar-refractivity contribution in [1.29, 1.82) is 0 Å². The quantitative estimate of drug-likeness (QED) is 0.627. The fraction of sp³-hybridized carbons (Fsp3) is 0.250. The fourth-order valence-electron chi connectivity index (χ4n) is 1.84. The molecule has 0 saturated heterocycles. The summed E-state index contributed by atoms with van der Waals surface area (Å²) in [6.45, 7) is 1.58. The second-order valence-electron chi connectivity index (χ2n) is 3.68. The van der Waals surface area contributed by atoms with Crippen LogP contribution in [0.1, 0.15) is 16.1 Å². The van der Waals surface area contributed by atoms with E-state index in [0.29, 0.717) is 11.1 Å². The van der Waals surface area contributed by atoms with Crippen LogP contribution in [0.5, 0.6) is 17.2 Å². The molecule has 2 aromatic rings. The lowest BCUT2D eigenvalue weighted by atomic mass is 10.1. The molecule has 96 valence electrons. The number of esters is 1. The lowest BCUT2D eigenvalue weighted by Crippen LogP contribution is -2.01. The predicted molar refractivity (Wildman–Crippen MR) is 62.2 cm³/mol. The number of aromatic hydroxyl groups is 2. The topological polar surface area (TPSA) is 89.1 Å². The van der Waals surface area contributed by atoms with E-state index < -0.39 is 17.5 Å². The first-order chi connectivity index (χ1) is 8.51. The Bertz CT molecular complexity index is 625. The molecule has 1 aromatic carbocycles. The van der Waals surface area contributed by atoms with Crippen molar-refractivity contribution in [1.82, 2.24) is 0 Å². The number of carbonyl (C=O) groups is 1. The molecule has 0 unspecified atom stereocenters. The highest BCUT2D eigenvalue weighted by Gasteiger charge is 2.24. The molecule has 0 saturated carbocycles. The average Bonchev–Trinajstić information content (AvgIpc) is 2.66.